The second-order valence-corrected chi connectivity index (χ2v) is 10.5. The Bertz CT molecular complexity index is 1220. The number of carbonyl (C=O) groups excluding carboxylic acids is 2. The molecule has 1 aromatic carbocycles. The van der Waals surface area contributed by atoms with Crippen LogP contribution in [0.2, 0.25) is 5.15 Å². The minimum absolute atomic E-state index is 0.0134. The second-order valence-electron chi connectivity index (χ2n) is 10.1. The molecule has 0 spiro atoms. The lowest BCUT2D eigenvalue weighted by Gasteiger charge is -2.33. The molecule has 2 aliphatic rings. The molecular formula is C26H32ClFN4O6. The zero-order valence-corrected chi connectivity index (χ0v) is 22.8. The van der Waals surface area contributed by atoms with Crippen molar-refractivity contribution in [1.29, 1.82) is 0 Å². The highest BCUT2D eigenvalue weighted by atomic mass is 35.5. The molecular weight excluding hydrogens is 519 g/mol. The van der Waals surface area contributed by atoms with Gasteiger partial charge in [-0.3, -0.25) is 4.79 Å². The number of anilines is 1. The normalized spacial score (nSPS) is 19.1. The summed E-state index contributed by atoms with van der Waals surface area (Å²) < 4.78 is 37.2. The minimum atomic E-state index is -0.669. The van der Waals surface area contributed by atoms with Gasteiger partial charge in [-0.1, -0.05) is 11.6 Å². The van der Waals surface area contributed by atoms with Crippen LogP contribution in [-0.4, -0.2) is 67.0 Å². The predicted molar refractivity (Wildman–Crippen MR) is 138 cm³/mol. The van der Waals surface area contributed by atoms with Crippen molar-refractivity contribution in [2.75, 3.05) is 32.8 Å². The molecule has 2 atom stereocenters. The Morgan fingerprint density at radius 3 is 2.71 bits per heavy atom. The lowest BCUT2D eigenvalue weighted by Crippen LogP contribution is -2.53. The molecule has 1 aromatic heterocycles. The number of amides is 2. The molecule has 0 saturated carbocycles. The van der Waals surface area contributed by atoms with Gasteiger partial charge >= 0.3 is 6.09 Å². The summed E-state index contributed by atoms with van der Waals surface area (Å²) in [4.78, 5) is 31.1. The largest absolute Gasteiger partial charge is 0.497 e. The van der Waals surface area contributed by atoms with Crippen molar-refractivity contribution in [3.05, 3.63) is 45.9 Å². The fourth-order valence-corrected chi connectivity index (χ4v) is 4.75. The third-order valence-corrected chi connectivity index (χ3v) is 6.55. The van der Waals surface area contributed by atoms with Crippen LogP contribution in [0.1, 0.15) is 48.7 Å². The van der Waals surface area contributed by atoms with Gasteiger partial charge in [0.05, 0.1) is 45.0 Å². The lowest BCUT2D eigenvalue weighted by molar-refractivity contribution is 0.0317. The van der Waals surface area contributed by atoms with Crippen molar-refractivity contribution in [2.45, 2.75) is 58.0 Å². The summed E-state index contributed by atoms with van der Waals surface area (Å²) in [5.74, 6) is -0.0134. The molecule has 0 radical (unpaired) electrons. The highest BCUT2D eigenvalue weighted by molar-refractivity contribution is 6.33. The van der Waals surface area contributed by atoms with Gasteiger partial charge in [-0.05, 0) is 39.3 Å². The smallest absolute Gasteiger partial charge is 0.408 e. The SMILES string of the molecule is COc1ccc(CN2Cc3c(F)c(N[C@@H]4CCOC[C@@H]4NC(=O)OC(C)(C)C)nc(Cl)c3C2=O)c(OC)c1. The first-order valence-corrected chi connectivity index (χ1v) is 12.6. The van der Waals surface area contributed by atoms with Gasteiger partial charge in [0.2, 0.25) is 0 Å². The molecule has 1 fully saturated rings. The Balaban J connectivity index is 1.53. The van der Waals surface area contributed by atoms with Crippen LogP contribution in [0.15, 0.2) is 18.2 Å². The molecule has 0 aliphatic carbocycles. The highest BCUT2D eigenvalue weighted by Crippen LogP contribution is 2.36. The molecule has 12 heteroatoms. The van der Waals surface area contributed by atoms with Gasteiger partial charge in [-0.15, -0.1) is 0 Å². The summed E-state index contributed by atoms with van der Waals surface area (Å²) in [6.07, 6.45) is -0.117. The maximum absolute atomic E-state index is 15.7. The molecule has 2 aromatic rings. The molecule has 3 heterocycles. The summed E-state index contributed by atoms with van der Waals surface area (Å²) in [6.45, 7) is 6.12. The van der Waals surface area contributed by atoms with Crippen LogP contribution < -0.4 is 20.1 Å². The van der Waals surface area contributed by atoms with Crippen molar-refractivity contribution < 1.29 is 32.9 Å². The molecule has 4 rings (SSSR count). The second kappa shape index (κ2) is 11.2. The molecule has 38 heavy (non-hydrogen) atoms. The van der Waals surface area contributed by atoms with E-state index in [1.165, 1.54) is 12.0 Å². The van der Waals surface area contributed by atoms with E-state index in [0.717, 1.165) is 5.56 Å². The number of methoxy groups -OCH3 is 2. The number of halogens is 2. The monoisotopic (exact) mass is 550 g/mol. The maximum atomic E-state index is 15.7. The van der Waals surface area contributed by atoms with Crippen LogP contribution >= 0.6 is 11.6 Å². The summed E-state index contributed by atoms with van der Waals surface area (Å²) >= 11 is 6.40. The molecule has 10 nitrogen and oxygen atoms in total. The van der Waals surface area contributed by atoms with Crippen molar-refractivity contribution in [1.82, 2.24) is 15.2 Å². The van der Waals surface area contributed by atoms with E-state index < -0.39 is 35.5 Å². The zero-order chi connectivity index (χ0) is 27.6. The summed E-state index contributed by atoms with van der Waals surface area (Å²) in [6, 6.07) is 4.38. The minimum Gasteiger partial charge on any atom is -0.497 e. The molecule has 1 saturated heterocycles. The Morgan fingerprint density at radius 2 is 2.03 bits per heavy atom. The zero-order valence-electron chi connectivity index (χ0n) is 22.0. The topological polar surface area (TPSA) is 111 Å². The molecule has 206 valence electrons. The predicted octanol–water partition coefficient (Wildman–Crippen LogP) is 4.14. The summed E-state index contributed by atoms with van der Waals surface area (Å²) in [5.41, 5.74) is 0.264. The summed E-state index contributed by atoms with van der Waals surface area (Å²) in [5, 5.41) is 5.75. The Kier molecular flexibility index (Phi) is 8.17. The number of carbonyl (C=O) groups is 2. The van der Waals surface area contributed by atoms with Gasteiger partial charge in [0.1, 0.15) is 22.3 Å². The van der Waals surface area contributed by atoms with Crippen LogP contribution in [0, 0.1) is 5.82 Å². The molecule has 2 N–H and O–H groups in total. The number of benzene rings is 1. The van der Waals surface area contributed by atoms with E-state index in [1.54, 1.807) is 46.1 Å². The summed E-state index contributed by atoms with van der Waals surface area (Å²) in [7, 11) is 3.08. The number of hydrogen-bond acceptors (Lipinski definition) is 8. The first-order valence-electron chi connectivity index (χ1n) is 12.2. The highest BCUT2D eigenvalue weighted by Gasteiger charge is 2.37. The van der Waals surface area contributed by atoms with Crippen molar-refractivity contribution in [3.63, 3.8) is 0 Å². The number of ether oxygens (including phenoxy) is 4. The molecule has 0 bridgehead atoms. The van der Waals surface area contributed by atoms with Crippen molar-refractivity contribution in [3.8, 4) is 11.5 Å². The number of hydrogen-bond donors (Lipinski definition) is 2. The third-order valence-electron chi connectivity index (χ3n) is 6.28. The van der Waals surface area contributed by atoms with Gasteiger partial charge in [-0.25, -0.2) is 14.2 Å². The molecule has 2 aliphatic heterocycles. The fraction of sp³-hybridized carbons (Fsp3) is 0.500. The Hall–Kier alpha value is -3.31. The third kappa shape index (κ3) is 6.05. The Labute approximate surface area is 225 Å². The number of nitrogens with one attached hydrogen (secondary N) is 2. The van der Waals surface area contributed by atoms with Crippen molar-refractivity contribution in [2.24, 2.45) is 0 Å². The van der Waals surface area contributed by atoms with Gasteiger partial charge in [-0.2, -0.15) is 0 Å². The van der Waals surface area contributed by atoms with Crippen LogP contribution in [-0.2, 0) is 22.6 Å². The van der Waals surface area contributed by atoms with Gasteiger partial charge < -0.3 is 34.5 Å². The van der Waals surface area contributed by atoms with Crippen LogP contribution in [0.3, 0.4) is 0 Å². The average molecular weight is 551 g/mol. The van der Waals surface area contributed by atoms with E-state index in [1.807, 2.05) is 0 Å². The number of fused-ring (bicyclic) bond motifs is 1. The quantitative estimate of drug-likeness (QED) is 0.495. The molecule has 0 unspecified atom stereocenters. The number of nitrogens with zero attached hydrogens (tertiary/aromatic N) is 2. The van der Waals surface area contributed by atoms with Crippen LogP contribution in [0.25, 0.3) is 0 Å². The van der Waals surface area contributed by atoms with Gasteiger partial charge in [0.15, 0.2) is 11.6 Å². The van der Waals surface area contributed by atoms with E-state index in [0.29, 0.717) is 24.5 Å². The first kappa shape index (κ1) is 27.7. The maximum Gasteiger partial charge on any atom is 0.408 e. The van der Waals surface area contributed by atoms with Gasteiger partial charge in [0, 0.05) is 30.3 Å². The number of rotatable bonds is 7. The van der Waals surface area contributed by atoms with E-state index in [4.69, 9.17) is 30.5 Å². The number of pyridine rings is 1. The van der Waals surface area contributed by atoms with E-state index in [9.17, 15) is 9.59 Å². The number of aromatic nitrogens is 1. The fourth-order valence-electron chi connectivity index (χ4n) is 4.47. The molecule has 2 amide bonds. The van der Waals surface area contributed by atoms with E-state index in [2.05, 4.69) is 15.6 Å². The van der Waals surface area contributed by atoms with Crippen LogP contribution in [0.5, 0.6) is 11.5 Å². The van der Waals surface area contributed by atoms with Gasteiger partial charge in [0.25, 0.3) is 5.91 Å². The first-order chi connectivity index (χ1) is 18.0. The lowest BCUT2D eigenvalue weighted by atomic mass is 10.0. The average Bonchev–Trinajstić information content (AvgIpc) is 3.19. The standard InChI is InChI=1S/C26H32ClFN4O6/c1-26(2,3)38-25(34)30-18-13-37-9-8-17(18)29-23-21(28)16-12-32(24(33)20(16)22(27)31-23)11-14-6-7-15(35-4)10-19(14)36-5/h6-7,10,17-18H,8-9,11-13H2,1-5H3,(H,29,31)(H,30,34)/t17-,18+/m1/s1. The number of alkyl carbamates (subject to hydrolysis) is 1. The van der Waals surface area contributed by atoms with Crippen molar-refractivity contribution >= 4 is 29.4 Å². The Morgan fingerprint density at radius 1 is 1.26 bits per heavy atom. The van der Waals surface area contributed by atoms with E-state index >= 15 is 4.39 Å². The van der Waals surface area contributed by atoms with E-state index in [-0.39, 0.29) is 41.8 Å². The van der Waals surface area contributed by atoms with Crippen LogP contribution in [0.4, 0.5) is 15.0 Å².